The number of amides is 3. The van der Waals surface area contributed by atoms with Gasteiger partial charge in [-0.05, 0) is 143 Å². The fraction of sp³-hybridized carbons (Fsp3) is 0.965. The van der Waals surface area contributed by atoms with E-state index in [1.165, 1.54) is 90.9 Å². The molecular weight excluding hydrogens is 1420 g/mol. The van der Waals surface area contributed by atoms with Crippen molar-refractivity contribution in [1.29, 1.82) is 0 Å². The number of aliphatic hydroxyl groups is 4. The minimum atomic E-state index is -0.402. The molecule has 1 saturated carbocycles. The molecule has 0 radical (unpaired) electrons. The first-order valence-corrected chi connectivity index (χ1v) is 44.9. The molecule has 9 heterocycles. The van der Waals surface area contributed by atoms with Crippen molar-refractivity contribution in [3.63, 3.8) is 0 Å². The summed E-state index contributed by atoms with van der Waals surface area (Å²) in [6, 6.07) is 1.57. The number of likely N-dealkylation sites (tertiary alicyclic amines) is 6. The van der Waals surface area contributed by atoms with Gasteiger partial charge in [0.15, 0.2) is 0 Å². The Kier molecular flexibility index (Phi) is 58.4. The molecule has 10 aliphatic rings. The van der Waals surface area contributed by atoms with Crippen LogP contribution in [0.3, 0.4) is 0 Å². The molecule has 9 saturated heterocycles. The van der Waals surface area contributed by atoms with Gasteiger partial charge in [0.1, 0.15) is 13.2 Å². The summed E-state index contributed by atoms with van der Waals surface area (Å²) in [6.45, 7) is 71.1. The maximum atomic E-state index is 11.6. The van der Waals surface area contributed by atoms with Crippen molar-refractivity contribution in [2.45, 2.75) is 256 Å². The molecular formula is C86H181N17O9. The van der Waals surface area contributed by atoms with Gasteiger partial charge in [-0.15, -0.1) is 0 Å². The van der Waals surface area contributed by atoms with Gasteiger partial charge >= 0.3 is 0 Å². The highest BCUT2D eigenvalue weighted by Crippen LogP contribution is 2.29. The number of methoxy groups -OCH3 is 1. The van der Waals surface area contributed by atoms with E-state index in [-0.39, 0.29) is 43.2 Å². The number of nitrogens with one attached hydrogen (secondary N) is 5. The molecule has 15 N–H and O–H groups in total. The van der Waals surface area contributed by atoms with Crippen LogP contribution in [0.4, 0.5) is 0 Å². The van der Waals surface area contributed by atoms with Crippen LogP contribution in [0.5, 0.6) is 0 Å². The molecule has 10 rings (SSSR count). The number of carbonyl (C=O) groups excluding carboxylic acids is 3. The number of piperidine rings is 2. The van der Waals surface area contributed by atoms with Crippen LogP contribution >= 0.6 is 0 Å². The normalized spacial score (nSPS) is 25.0. The number of nitrogens with two attached hydrogens (primary N) is 3. The van der Waals surface area contributed by atoms with Crippen molar-refractivity contribution in [2.75, 3.05) is 223 Å². The molecule has 112 heavy (non-hydrogen) atoms. The Morgan fingerprint density at radius 3 is 1.09 bits per heavy atom. The maximum Gasteiger partial charge on any atom is 0.245 e. The molecule has 0 aromatic rings. The van der Waals surface area contributed by atoms with E-state index in [1.807, 2.05) is 7.11 Å². The monoisotopic (exact) mass is 1600 g/mol. The first-order chi connectivity index (χ1) is 53.2. The van der Waals surface area contributed by atoms with Crippen LogP contribution < -0.4 is 43.8 Å². The third kappa shape index (κ3) is 51.2. The summed E-state index contributed by atoms with van der Waals surface area (Å²) >= 11 is 0. The molecule has 26 heteroatoms. The number of morpholine rings is 1. The largest absolute Gasteiger partial charge is 0.395 e. The van der Waals surface area contributed by atoms with Crippen molar-refractivity contribution in [1.82, 2.24) is 70.7 Å². The van der Waals surface area contributed by atoms with Gasteiger partial charge in [0.25, 0.3) is 0 Å². The van der Waals surface area contributed by atoms with E-state index in [9.17, 15) is 14.4 Å². The van der Waals surface area contributed by atoms with Gasteiger partial charge in [-0.3, -0.25) is 38.9 Å². The second kappa shape index (κ2) is 61.8. The molecule has 10 fully saturated rings. The predicted molar refractivity (Wildman–Crippen MR) is 464 cm³/mol. The van der Waals surface area contributed by atoms with Gasteiger partial charge in [0.2, 0.25) is 17.7 Å². The lowest BCUT2D eigenvalue weighted by atomic mass is 10.0. The zero-order chi connectivity index (χ0) is 83.7. The zero-order valence-corrected chi connectivity index (χ0v) is 75.4. The Hall–Kier alpha value is -2.39. The summed E-state index contributed by atoms with van der Waals surface area (Å²) in [7, 11) is 1.82. The van der Waals surface area contributed by atoms with Gasteiger partial charge < -0.3 is 93.3 Å². The highest BCUT2D eigenvalue weighted by atomic mass is 16.5. The van der Waals surface area contributed by atoms with Crippen molar-refractivity contribution >= 4 is 17.7 Å². The second-order valence-electron chi connectivity index (χ2n) is 37.5. The lowest BCUT2D eigenvalue weighted by Crippen LogP contribution is -2.53. The van der Waals surface area contributed by atoms with E-state index in [1.54, 1.807) is 0 Å². The molecule has 1 aliphatic carbocycles. The Morgan fingerprint density at radius 1 is 0.411 bits per heavy atom. The minimum absolute atomic E-state index is 0.230. The third-order valence-corrected chi connectivity index (χ3v) is 21.5. The molecule has 0 aromatic carbocycles. The van der Waals surface area contributed by atoms with Gasteiger partial charge in [-0.25, -0.2) is 0 Å². The molecule has 26 nitrogen and oxygen atoms in total. The Balaban J connectivity index is 0.000000429. The van der Waals surface area contributed by atoms with E-state index in [4.69, 9.17) is 47.1 Å². The van der Waals surface area contributed by atoms with Gasteiger partial charge in [-0.1, -0.05) is 125 Å². The van der Waals surface area contributed by atoms with Gasteiger partial charge in [0.05, 0.1) is 44.4 Å². The third-order valence-electron chi connectivity index (χ3n) is 21.5. The number of rotatable bonds is 28. The maximum absolute atomic E-state index is 11.6. The van der Waals surface area contributed by atoms with E-state index in [2.05, 4.69) is 195 Å². The molecule has 0 spiro atoms. The topological polar surface area (TPSA) is 318 Å². The molecule has 3 amide bonds. The van der Waals surface area contributed by atoms with Crippen LogP contribution in [0.25, 0.3) is 0 Å². The number of nitrogens with zero attached hydrogens (tertiary/aromatic N) is 9. The predicted octanol–water partition coefficient (Wildman–Crippen LogP) is 5.20. The smallest absolute Gasteiger partial charge is 0.245 e. The van der Waals surface area contributed by atoms with E-state index in [0.29, 0.717) is 78.6 Å². The average molecular weight is 1600 g/mol. The molecule has 0 aromatic heterocycles. The van der Waals surface area contributed by atoms with E-state index < -0.39 is 13.2 Å². The fourth-order valence-corrected chi connectivity index (χ4v) is 16.2. The van der Waals surface area contributed by atoms with Crippen molar-refractivity contribution < 1.29 is 44.3 Å². The average Bonchev–Trinajstić information content (AvgIpc) is 1.37. The number of carbonyl (C=O) groups is 3. The second-order valence-corrected chi connectivity index (χ2v) is 37.5. The number of aliphatic hydroxyl groups excluding tert-OH is 4. The molecule has 7 atom stereocenters. The van der Waals surface area contributed by atoms with Crippen LogP contribution in [0, 0.1) is 59.2 Å². The van der Waals surface area contributed by atoms with E-state index in [0.717, 1.165) is 199 Å². The summed E-state index contributed by atoms with van der Waals surface area (Å²) in [6.07, 6.45) is 15.2. The summed E-state index contributed by atoms with van der Waals surface area (Å²) < 4.78 is 10.8. The summed E-state index contributed by atoms with van der Waals surface area (Å²) in [5.74, 6) is 6.65. The van der Waals surface area contributed by atoms with Crippen molar-refractivity contribution in [3.8, 4) is 0 Å². The molecule has 9 aliphatic heterocycles. The van der Waals surface area contributed by atoms with Crippen LogP contribution in [0.1, 0.15) is 202 Å². The summed E-state index contributed by atoms with van der Waals surface area (Å²) in [4.78, 5) is 55.2. The highest BCUT2D eigenvalue weighted by molar-refractivity contribution is 5.81. The number of ether oxygens (including phenoxy) is 2. The van der Waals surface area contributed by atoms with Gasteiger partial charge in [0, 0.05) is 213 Å². The molecule has 664 valence electrons. The Bertz CT molecular complexity index is 2240. The lowest BCUT2D eigenvalue weighted by molar-refractivity contribution is -0.125. The minimum Gasteiger partial charge on any atom is -0.395 e. The number of hydrogen-bond acceptors (Lipinski definition) is 23. The molecule has 0 bridgehead atoms. The van der Waals surface area contributed by atoms with Crippen LogP contribution in [0.2, 0.25) is 0 Å². The van der Waals surface area contributed by atoms with Crippen LogP contribution in [0.15, 0.2) is 0 Å². The summed E-state index contributed by atoms with van der Waals surface area (Å²) in [5, 5.41) is 50.7. The fourth-order valence-electron chi connectivity index (χ4n) is 16.2. The Labute approximate surface area is 685 Å². The first-order valence-electron chi connectivity index (χ1n) is 44.9. The Morgan fingerprint density at radius 2 is 0.750 bits per heavy atom. The highest BCUT2D eigenvalue weighted by Gasteiger charge is 2.34. The van der Waals surface area contributed by atoms with Crippen LogP contribution in [-0.2, 0) is 23.9 Å². The standard InChI is InChI=1S/C12H22N2O.C11H22N2O2.C10H20N2O2.C10H21NO.3C9H20N2O.2C8H18N2/c1-9(2)7-14-6-5-11(8-14)13-12(15)10-3-4-10;1-9(2)7-13-5-3-10(4-6-13)12-11(15)8-14;1-8(2)5-12-4-3-9(6-12)11-10(14)7-13;1-9(2)8-11-6-4-10(12-3)5-7-11;1-8(2)6-11-3-4-12-9(5-10)7-11;2*1-8(2)6-11-4-3-10-5-9(11)7-12;2*1-7(2)6-10-5-3-4-8(10)9/h9-11H,3-8H2,1-2H3,(H,13,15);9-10,14H,3-8H2,1-2H3,(H,12,15);8-9,13H,3-7H2,1-2H3,(H,11,14);9-10H,4-8H2,1-3H3;8-9H,3-7,10H2,1-2H3;2*8-10,12H,3-7H2,1-2H3;2*7-8H,3-6,9H2,1-2H3/t11-;;9-;;;2*9-;2*8-/m1.1..1010/s1. The SMILES string of the molecule is CC(C)CN1CCC(NC(=O)CO)CC1.CC(C)CN1CCC[C@@H]1N.CC(C)CN1CCC[C@H]1N.CC(C)CN1CCNC[C@@H]1CO.CC(C)CN1CCNC[C@H]1CO.CC(C)CN1CCOC(CN)C1.CC(C)CN1CC[C@@H](NC(=O)C2CC2)C1.CC(C)CN1CC[C@@H](NC(=O)CO)C1.COC1CCN(CC(C)C)CC1. The van der Waals surface area contributed by atoms with Crippen molar-refractivity contribution in [3.05, 3.63) is 0 Å². The molecule has 1 unspecified atom stereocenters. The lowest BCUT2D eigenvalue weighted by Gasteiger charge is -2.36. The summed E-state index contributed by atoms with van der Waals surface area (Å²) in [5.41, 5.74) is 17.3. The quantitative estimate of drug-likeness (QED) is 0.0479. The van der Waals surface area contributed by atoms with Crippen LogP contribution in [-0.4, -0.2) is 360 Å². The number of hydrogen-bond donors (Lipinski definition) is 12. The zero-order valence-electron chi connectivity index (χ0n) is 75.4. The number of piperazine rings is 2. The van der Waals surface area contributed by atoms with E-state index >= 15 is 0 Å². The van der Waals surface area contributed by atoms with Gasteiger partial charge in [-0.2, -0.15) is 0 Å². The first kappa shape index (κ1) is 106. The van der Waals surface area contributed by atoms with Crippen molar-refractivity contribution in [2.24, 2.45) is 76.4 Å².